The average molecular weight is 312 g/mol. The molecule has 0 spiro atoms. The summed E-state index contributed by atoms with van der Waals surface area (Å²) in [5.41, 5.74) is 2.39. The van der Waals surface area contributed by atoms with E-state index in [2.05, 4.69) is 6.07 Å². The molecule has 3 aliphatic rings. The van der Waals surface area contributed by atoms with Crippen molar-refractivity contribution in [1.29, 1.82) is 0 Å². The summed E-state index contributed by atoms with van der Waals surface area (Å²) in [5, 5.41) is 0. The lowest BCUT2D eigenvalue weighted by Crippen LogP contribution is -2.42. The SMILES string of the molecule is COC(=O)[C@H]1C=C[C@]2(C(=O)OC)c3c1cccc3[C@@H]1CCC[C@@H]12. The smallest absolute Gasteiger partial charge is 0.320 e. The minimum atomic E-state index is -0.730. The standard InChI is InChI=1S/C19H20O4/c1-22-17(20)14-9-10-19(18(21)23-2)15-8-4-5-11(15)12-6-3-7-13(14)16(12)19/h3,6-7,9-11,14-15H,4-5,8H2,1-2H3/t11-,14-,15-,19+/m0/s1. The van der Waals surface area contributed by atoms with Crippen molar-refractivity contribution < 1.29 is 19.1 Å². The highest BCUT2D eigenvalue weighted by Crippen LogP contribution is 2.62. The summed E-state index contributed by atoms with van der Waals surface area (Å²) in [6.45, 7) is 0. The molecule has 0 aliphatic heterocycles. The van der Waals surface area contributed by atoms with Crippen LogP contribution in [0.15, 0.2) is 30.4 Å². The van der Waals surface area contributed by atoms with E-state index >= 15 is 0 Å². The molecule has 4 rings (SSSR count). The van der Waals surface area contributed by atoms with Gasteiger partial charge in [0, 0.05) is 0 Å². The van der Waals surface area contributed by atoms with E-state index in [-0.39, 0.29) is 17.9 Å². The van der Waals surface area contributed by atoms with Crippen LogP contribution in [0.25, 0.3) is 0 Å². The maximum atomic E-state index is 12.8. The van der Waals surface area contributed by atoms with Crippen molar-refractivity contribution in [3.8, 4) is 0 Å². The van der Waals surface area contributed by atoms with E-state index < -0.39 is 11.3 Å². The molecule has 1 aromatic rings. The third-order valence-corrected chi connectivity index (χ3v) is 5.91. The maximum Gasteiger partial charge on any atom is 0.320 e. The van der Waals surface area contributed by atoms with Crippen LogP contribution >= 0.6 is 0 Å². The number of hydrogen-bond acceptors (Lipinski definition) is 4. The lowest BCUT2D eigenvalue weighted by molar-refractivity contribution is -0.148. The Morgan fingerprint density at radius 2 is 1.91 bits per heavy atom. The number of fused-ring (bicyclic) bond motifs is 3. The quantitative estimate of drug-likeness (QED) is 0.622. The average Bonchev–Trinajstić information content (AvgIpc) is 3.17. The monoisotopic (exact) mass is 312 g/mol. The molecule has 4 nitrogen and oxygen atoms in total. The van der Waals surface area contributed by atoms with Gasteiger partial charge in [-0.2, -0.15) is 0 Å². The fraction of sp³-hybridized carbons (Fsp3) is 0.474. The summed E-state index contributed by atoms with van der Waals surface area (Å²) in [6, 6.07) is 6.05. The summed E-state index contributed by atoms with van der Waals surface area (Å²) < 4.78 is 10.1. The molecule has 0 unspecified atom stereocenters. The van der Waals surface area contributed by atoms with Crippen LogP contribution < -0.4 is 0 Å². The van der Waals surface area contributed by atoms with Crippen molar-refractivity contribution in [3.05, 3.63) is 47.0 Å². The lowest BCUT2D eigenvalue weighted by Gasteiger charge is -2.35. The molecule has 0 heterocycles. The summed E-state index contributed by atoms with van der Waals surface area (Å²) in [5.74, 6) is -0.317. The number of esters is 2. The number of carbonyl (C=O) groups is 2. The first-order chi connectivity index (χ1) is 11.1. The number of benzene rings is 1. The third-order valence-electron chi connectivity index (χ3n) is 5.91. The number of ether oxygens (including phenoxy) is 2. The van der Waals surface area contributed by atoms with Crippen molar-refractivity contribution in [1.82, 2.24) is 0 Å². The zero-order chi connectivity index (χ0) is 16.2. The molecule has 1 fully saturated rings. The number of carbonyl (C=O) groups excluding carboxylic acids is 2. The maximum absolute atomic E-state index is 12.8. The van der Waals surface area contributed by atoms with Gasteiger partial charge in [0.15, 0.2) is 0 Å². The van der Waals surface area contributed by atoms with Crippen LogP contribution in [-0.4, -0.2) is 26.2 Å². The highest BCUT2D eigenvalue weighted by molar-refractivity contribution is 5.93. The fourth-order valence-corrected chi connectivity index (χ4v) is 5.08. The van der Waals surface area contributed by atoms with E-state index in [0.717, 1.165) is 30.4 Å². The Morgan fingerprint density at radius 1 is 1.13 bits per heavy atom. The molecule has 120 valence electrons. The highest BCUT2D eigenvalue weighted by Gasteiger charge is 2.60. The molecule has 0 radical (unpaired) electrons. The van der Waals surface area contributed by atoms with Crippen LogP contribution in [0, 0.1) is 5.92 Å². The van der Waals surface area contributed by atoms with E-state index in [4.69, 9.17) is 9.47 Å². The summed E-state index contributed by atoms with van der Waals surface area (Å²) in [7, 11) is 2.85. The molecular formula is C19H20O4. The molecule has 0 bridgehead atoms. The Bertz CT molecular complexity index is 720. The van der Waals surface area contributed by atoms with Gasteiger partial charge in [0.1, 0.15) is 11.3 Å². The number of methoxy groups -OCH3 is 2. The van der Waals surface area contributed by atoms with Crippen LogP contribution in [0.3, 0.4) is 0 Å². The molecule has 4 heteroatoms. The lowest BCUT2D eigenvalue weighted by atomic mass is 9.67. The van der Waals surface area contributed by atoms with E-state index in [1.807, 2.05) is 24.3 Å². The van der Waals surface area contributed by atoms with Crippen LogP contribution in [0.4, 0.5) is 0 Å². The predicted octanol–water partition coefficient (Wildman–Crippen LogP) is 2.82. The normalized spacial score (nSPS) is 33.0. The van der Waals surface area contributed by atoms with E-state index in [9.17, 15) is 9.59 Å². The third kappa shape index (κ3) is 1.66. The highest BCUT2D eigenvalue weighted by atomic mass is 16.5. The first-order valence-corrected chi connectivity index (χ1v) is 8.14. The Balaban J connectivity index is 1.99. The van der Waals surface area contributed by atoms with Crippen LogP contribution in [0.5, 0.6) is 0 Å². The van der Waals surface area contributed by atoms with Crippen molar-refractivity contribution in [2.75, 3.05) is 14.2 Å². The first-order valence-electron chi connectivity index (χ1n) is 8.14. The van der Waals surface area contributed by atoms with Crippen LogP contribution in [0.2, 0.25) is 0 Å². The molecule has 23 heavy (non-hydrogen) atoms. The zero-order valence-electron chi connectivity index (χ0n) is 13.4. The molecule has 4 atom stereocenters. The van der Waals surface area contributed by atoms with Crippen molar-refractivity contribution in [2.24, 2.45) is 5.92 Å². The Hall–Kier alpha value is -2.10. The van der Waals surface area contributed by atoms with Gasteiger partial charge in [0.2, 0.25) is 0 Å². The zero-order valence-corrected chi connectivity index (χ0v) is 13.4. The molecule has 1 aromatic carbocycles. The van der Waals surface area contributed by atoms with Crippen LogP contribution in [0.1, 0.15) is 47.8 Å². The Labute approximate surface area is 135 Å². The van der Waals surface area contributed by atoms with E-state index in [1.165, 1.54) is 19.8 Å². The molecule has 0 amide bonds. The molecule has 0 aromatic heterocycles. The minimum absolute atomic E-state index is 0.208. The van der Waals surface area contributed by atoms with Crippen LogP contribution in [-0.2, 0) is 24.5 Å². The number of rotatable bonds is 2. The van der Waals surface area contributed by atoms with Gasteiger partial charge in [-0.15, -0.1) is 0 Å². The van der Waals surface area contributed by atoms with Crippen molar-refractivity contribution >= 4 is 11.9 Å². The van der Waals surface area contributed by atoms with Gasteiger partial charge in [0.05, 0.1) is 14.2 Å². The molecule has 0 saturated heterocycles. The fourth-order valence-electron chi connectivity index (χ4n) is 5.08. The summed E-state index contributed by atoms with van der Waals surface area (Å²) >= 11 is 0. The Kier molecular flexibility index (Phi) is 3.12. The van der Waals surface area contributed by atoms with Gasteiger partial charge in [-0.05, 0) is 41.4 Å². The molecule has 1 saturated carbocycles. The minimum Gasteiger partial charge on any atom is -0.468 e. The second-order valence-corrected chi connectivity index (χ2v) is 6.68. The van der Waals surface area contributed by atoms with E-state index in [0.29, 0.717) is 5.92 Å². The summed E-state index contributed by atoms with van der Waals surface area (Å²) in [4.78, 5) is 25.0. The van der Waals surface area contributed by atoms with E-state index in [1.54, 1.807) is 0 Å². The van der Waals surface area contributed by atoms with Gasteiger partial charge in [0.25, 0.3) is 0 Å². The topological polar surface area (TPSA) is 52.6 Å². The Morgan fingerprint density at radius 3 is 2.65 bits per heavy atom. The van der Waals surface area contributed by atoms with Gasteiger partial charge in [-0.25, -0.2) is 0 Å². The molecule has 3 aliphatic carbocycles. The number of hydrogen-bond donors (Lipinski definition) is 0. The molecular weight excluding hydrogens is 292 g/mol. The largest absolute Gasteiger partial charge is 0.468 e. The van der Waals surface area contributed by atoms with Crippen molar-refractivity contribution in [3.63, 3.8) is 0 Å². The molecule has 0 N–H and O–H groups in total. The van der Waals surface area contributed by atoms with Crippen molar-refractivity contribution in [2.45, 2.75) is 36.5 Å². The van der Waals surface area contributed by atoms with Gasteiger partial charge >= 0.3 is 11.9 Å². The predicted molar refractivity (Wildman–Crippen MR) is 84.1 cm³/mol. The summed E-state index contributed by atoms with van der Waals surface area (Å²) in [6.07, 6.45) is 6.99. The van der Waals surface area contributed by atoms with Gasteiger partial charge < -0.3 is 9.47 Å². The second-order valence-electron chi connectivity index (χ2n) is 6.68. The van der Waals surface area contributed by atoms with Gasteiger partial charge in [-0.3, -0.25) is 9.59 Å². The first kappa shape index (κ1) is 14.5. The van der Waals surface area contributed by atoms with Gasteiger partial charge in [-0.1, -0.05) is 36.8 Å². The second kappa shape index (κ2) is 4.95.